The number of rotatable bonds is 6. The summed E-state index contributed by atoms with van der Waals surface area (Å²) in [5.41, 5.74) is 0. The van der Waals surface area contributed by atoms with Crippen molar-refractivity contribution < 1.29 is 9.90 Å². The van der Waals surface area contributed by atoms with Gasteiger partial charge in [-0.05, 0) is 32.7 Å². The molecule has 1 N–H and O–H groups in total. The topological polar surface area (TPSA) is 40.5 Å². The van der Waals surface area contributed by atoms with Crippen molar-refractivity contribution in [1.82, 2.24) is 4.90 Å². The van der Waals surface area contributed by atoms with Crippen molar-refractivity contribution >= 4 is 5.78 Å². The molecule has 1 fully saturated rings. The van der Waals surface area contributed by atoms with Gasteiger partial charge in [0.2, 0.25) is 0 Å². The number of likely N-dealkylation sites (tertiary alicyclic amines) is 1. The Labute approximate surface area is 105 Å². The van der Waals surface area contributed by atoms with E-state index in [1.165, 1.54) is 6.42 Å². The van der Waals surface area contributed by atoms with Crippen LogP contribution in [0.3, 0.4) is 0 Å². The molecule has 3 atom stereocenters. The number of hydrogen-bond acceptors (Lipinski definition) is 3. The fourth-order valence-corrected chi connectivity index (χ4v) is 2.71. The van der Waals surface area contributed by atoms with Gasteiger partial charge in [0.1, 0.15) is 5.78 Å². The maximum atomic E-state index is 11.5. The Kier molecular flexibility index (Phi) is 6.14. The van der Waals surface area contributed by atoms with Crippen molar-refractivity contribution in [3.63, 3.8) is 0 Å². The molecule has 100 valence electrons. The molecular weight excluding hydrogens is 214 g/mol. The highest BCUT2D eigenvalue weighted by Crippen LogP contribution is 2.26. The first-order chi connectivity index (χ1) is 8.08. The van der Waals surface area contributed by atoms with E-state index in [0.717, 1.165) is 25.7 Å². The van der Waals surface area contributed by atoms with E-state index >= 15 is 0 Å². The number of carbonyl (C=O) groups is 1. The van der Waals surface area contributed by atoms with Gasteiger partial charge in [-0.15, -0.1) is 0 Å². The van der Waals surface area contributed by atoms with Gasteiger partial charge in [-0.25, -0.2) is 0 Å². The molecule has 0 spiro atoms. The molecule has 0 aromatic heterocycles. The quantitative estimate of drug-likeness (QED) is 0.776. The smallest absolute Gasteiger partial charge is 0.134 e. The lowest BCUT2D eigenvalue weighted by atomic mass is 9.89. The van der Waals surface area contributed by atoms with E-state index in [1.807, 2.05) is 13.8 Å². The molecule has 0 amide bonds. The van der Waals surface area contributed by atoms with Gasteiger partial charge in [0, 0.05) is 24.9 Å². The highest BCUT2D eigenvalue weighted by molar-refractivity contribution is 5.78. The van der Waals surface area contributed by atoms with Gasteiger partial charge >= 0.3 is 0 Å². The van der Waals surface area contributed by atoms with Crippen LogP contribution < -0.4 is 0 Å². The molecule has 1 saturated heterocycles. The number of aliphatic hydroxyl groups is 1. The largest absolute Gasteiger partial charge is 0.393 e. The Balaban J connectivity index is 2.49. The van der Waals surface area contributed by atoms with Crippen molar-refractivity contribution in [1.29, 1.82) is 0 Å². The molecule has 1 rings (SSSR count). The minimum Gasteiger partial charge on any atom is -0.393 e. The van der Waals surface area contributed by atoms with E-state index < -0.39 is 0 Å². The zero-order valence-electron chi connectivity index (χ0n) is 11.5. The third-order valence-electron chi connectivity index (χ3n) is 4.10. The summed E-state index contributed by atoms with van der Waals surface area (Å²) in [4.78, 5) is 13.9. The van der Waals surface area contributed by atoms with Crippen LogP contribution in [0.25, 0.3) is 0 Å². The molecule has 0 aromatic carbocycles. The number of carbonyl (C=O) groups excluding carboxylic acids is 1. The van der Waals surface area contributed by atoms with E-state index in [2.05, 4.69) is 11.9 Å². The summed E-state index contributed by atoms with van der Waals surface area (Å²) in [5.74, 6) is 0.360. The Morgan fingerprint density at radius 2 is 2.00 bits per heavy atom. The highest BCUT2D eigenvalue weighted by atomic mass is 16.3. The maximum absolute atomic E-state index is 11.5. The molecule has 1 heterocycles. The molecule has 0 aliphatic carbocycles. The fraction of sp³-hybridized carbons (Fsp3) is 0.929. The van der Waals surface area contributed by atoms with Crippen molar-refractivity contribution in [2.45, 2.75) is 77.0 Å². The Morgan fingerprint density at radius 1 is 1.35 bits per heavy atom. The third-order valence-corrected chi connectivity index (χ3v) is 4.10. The summed E-state index contributed by atoms with van der Waals surface area (Å²) in [6, 6.07) is 0.846. The first kappa shape index (κ1) is 14.7. The van der Waals surface area contributed by atoms with Gasteiger partial charge < -0.3 is 5.11 Å². The normalized spacial score (nSPS) is 28.0. The molecular formula is C14H27NO2. The second-order valence-electron chi connectivity index (χ2n) is 5.30. The van der Waals surface area contributed by atoms with Crippen LogP contribution in [0.2, 0.25) is 0 Å². The molecule has 0 saturated carbocycles. The van der Waals surface area contributed by atoms with Crippen LogP contribution >= 0.6 is 0 Å². The van der Waals surface area contributed by atoms with E-state index in [0.29, 0.717) is 30.7 Å². The van der Waals surface area contributed by atoms with Gasteiger partial charge in [0.15, 0.2) is 0 Å². The second kappa shape index (κ2) is 7.12. The summed E-state index contributed by atoms with van der Waals surface area (Å²) in [5, 5.41) is 9.75. The number of Topliss-reactive ketones (excluding diaryl/α,β-unsaturated/α-hetero) is 1. The second-order valence-corrected chi connectivity index (χ2v) is 5.30. The van der Waals surface area contributed by atoms with E-state index in [9.17, 15) is 9.90 Å². The monoisotopic (exact) mass is 241 g/mol. The average molecular weight is 241 g/mol. The lowest BCUT2D eigenvalue weighted by Crippen LogP contribution is -2.46. The number of piperidine rings is 1. The van der Waals surface area contributed by atoms with E-state index in [4.69, 9.17) is 0 Å². The Bertz CT molecular complexity index is 242. The minimum atomic E-state index is -0.192. The van der Waals surface area contributed by atoms with Crippen molar-refractivity contribution in [3.8, 4) is 0 Å². The zero-order valence-corrected chi connectivity index (χ0v) is 11.5. The molecule has 1 aliphatic heterocycles. The van der Waals surface area contributed by atoms with Crippen molar-refractivity contribution in [3.05, 3.63) is 0 Å². The summed E-state index contributed by atoms with van der Waals surface area (Å²) < 4.78 is 0. The third kappa shape index (κ3) is 4.40. The zero-order chi connectivity index (χ0) is 12.8. The van der Waals surface area contributed by atoms with E-state index in [1.54, 1.807) is 0 Å². The molecule has 0 bridgehead atoms. The SMILES string of the molecule is CCC(=O)CC1CCCC(CC(O)CC)N1C. The Hall–Kier alpha value is -0.410. The lowest BCUT2D eigenvalue weighted by molar-refractivity contribution is -0.120. The first-order valence-electron chi connectivity index (χ1n) is 7.00. The van der Waals surface area contributed by atoms with Crippen LogP contribution in [-0.2, 0) is 4.79 Å². The number of nitrogens with zero attached hydrogens (tertiary/aromatic N) is 1. The summed E-state index contributed by atoms with van der Waals surface area (Å²) in [7, 11) is 2.11. The summed E-state index contributed by atoms with van der Waals surface area (Å²) in [6.45, 7) is 3.95. The average Bonchev–Trinajstić information content (AvgIpc) is 2.33. The van der Waals surface area contributed by atoms with Gasteiger partial charge in [0.25, 0.3) is 0 Å². The van der Waals surface area contributed by atoms with Crippen molar-refractivity contribution in [2.75, 3.05) is 7.05 Å². The van der Waals surface area contributed by atoms with Crippen LogP contribution in [0.4, 0.5) is 0 Å². The van der Waals surface area contributed by atoms with Crippen molar-refractivity contribution in [2.24, 2.45) is 0 Å². The van der Waals surface area contributed by atoms with Gasteiger partial charge in [-0.1, -0.05) is 20.3 Å². The number of hydrogen-bond donors (Lipinski definition) is 1. The molecule has 3 nitrogen and oxygen atoms in total. The standard InChI is InChI=1S/C14H27NO2/c1-4-13(16)9-11-7-6-8-12(15(11)3)10-14(17)5-2/h11-13,16H,4-10H2,1-3H3. The van der Waals surface area contributed by atoms with Crippen LogP contribution in [0.1, 0.15) is 58.8 Å². The van der Waals surface area contributed by atoms with E-state index in [-0.39, 0.29) is 6.10 Å². The molecule has 17 heavy (non-hydrogen) atoms. The highest BCUT2D eigenvalue weighted by Gasteiger charge is 2.29. The summed E-state index contributed by atoms with van der Waals surface area (Å²) in [6.07, 6.45) is 6.28. The molecule has 0 radical (unpaired) electrons. The predicted octanol–water partition coefficient (Wildman–Crippen LogP) is 2.37. The van der Waals surface area contributed by atoms with Gasteiger partial charge in [-0.3, -0.25) is 9.69 Å². The van der Waals surface area contributed by atoms with Gasteiger partial charge in [0.05, 0.1) is 6.10 Å². The molecule has 3 unspecified atom stereocenters. The van der Waals surface area contributed by atoms with Crippen LogP contribution in [-0.4, -0.2) is 41.0 Å². The lowest BCUT2D eigenvalue weighted by Gasteiger charge is -2.40. The number of ketones is 1. The molecule has 0 aromatic rings. The predicted molar refractivity (Wildman–Crippen MR) is 70.0 cm³/mol. The summed E-state index contributed by atoms with van der Waals surface area (Å²) >= 11 is 0. The van der Waals surface area contributed by atoms with Crippen LogP contribution in [0.5, 0.6) is 0 Å². The first-order valence-corrected chi connectivity index (χ1v) is 7.00. The minimum absolute atomic E-state index is 0.192. The van der Waals surface area contributed by atoms with Gasteiger partial charge in [-0.2, -0.15) is 0 Å². The Morgan fingerprint density at radius 3 is 2.59 bits per heavy atom. The van der Waals surface area contributed by atoms with Crippen LogP contribution in [0.15, 0.2) is 0 Å². The number of aliphatic hydroxyl groups excluding tert-OH is 1. The fourth-order valence-electron chi connectivity index (χ4n) is 2.71. The molecule has 3 heteroatoms. The molecule has 1 aliphatic rings. The van der Waals surface area contributed by atoms with Crippen LogP contribution in [0, 0.1) is 0 Å². The maximum Gasteiger partial charge on any atom is 0.134 e.